The highest BCUT2D eigenvalue weighted by atomic mass is 19.1. The summed E-state index contributed by atoms with van der Waals surface area (Å²) < 4.78 is 28.5. The number of carbonyl (C=O) groups is 2. The average Bonchev–Trinajstić information content (AvgIpc) is 3.22. The Kier molecular flexibility index (Phi) is 5.72. The van der Waals surface area contributed by atoms with E-state index in [9.17, 15) is 23.2 Å². The third-order valence-electron chi connectivity index (χ3n) is 5.11. The van der Waals surface area contributed by atoms with Gasteiger partial charge in [0.05, 0.1) is 17.8 Å². The van der Waals surface area contributed by atoms with Gasteiger partial charge in [-0.2, -0.15) is 0 Å². The summed E-state index contributed by atoms with van der Waals surface area (Å²) in [6.45, 7) is 1.59. The summed E-state index contributed by atoms with van der Waals surface area (Å²) in [7, 11) is 0. The van der Waals surface area contributed by atoms with Gasteiger partial charge in [0.2, 0.25) is 0 Å². The lowest BCUT2D eigenvalue weighted by molar-refractivity contribution is -0.123. The number of hydrogen-bond acceptors (Lipinski definition) is 3. The van der Waals surface area contributed by atoms with Crippen LogP contribution in [0.1, 0.15) is 30.2 Å². The topological polar surface area (TPSA) is 87.2 Å². The fourth-order valence-corrected chi connectivity index (χ4v) is 3.52. The number of rotatable bonds is 6. The standard InChI is InChI=1S/C23H20F2N4O3/c1-2-6-19-17(21(30)29(27-19)16-7-4-3-5-8-16)12-20-22(31)28(23(32)26-20)13-14-9-10-15(24)11-18(14)25/h3-5,7-12,27H,2,6,13H2,1H3,(H,26,32). The number of nitrogens with one attached hydrogen (secondary N) is 2. The number of aryl methyl sites for hydroxylation is 1. The highest BCUT2D eigenvalue weighted by Gasteiger charge is 2.34. The van der Waals surface area contributed by atoms with E-state index in [4.69, 9.17) is 0 Å². The predicted octanol–water partition coefficient (Wildman–Crippen LogP) is 3.49. The smallest absolute Gasteiger partial charge is 0.303 e. The largest absolute Gasteiger partial charge is 0.329 e. The van der Waals surface area contributed by atoms with Gasteiger partial charge in [-0.25, -0.2) is 18.3 Å². The van der Waals surface area contributed by atoms with Crippen LogP contribution in [0.3, 0.4) is 0 Å². The number of H-pyrrole nitrogens is 1. The second-order valence-corrected chi connectivity index (χ2v) is 7.35. The molecule has 32 heavy (non-hydrogen) atoms. The SMILES string of the molecule is CCCc1[nH]n(-c2ccccc2)c(=O)c1C=C1NC(=O)N(Cc2ccc(F)cc2F)C1=O. The third kappa shape index (κ3) is 3.96. The first kappa shape index (κ1) is 21.2. The number of amides is 3. The average molecular weight is 438 g/mol. The van der Waals surface area contributed by atoms with Gasteiger partial charge in [0, 0.05) is 17.3 Å². The van der Waals surface area contributed by atoms with E-state index in [0.29, 0.717) is 23.9 Å². The minimum absolute atomic E-state index is 0.00380. The Hall–Kier alpha value is -4.01. The number of imide groups is 1. The van der Waals surface area contributed by atoms with Crippen molar-refractivity contribution in [2.75, 3.05) is 0 Å². The molecule has 0 bridgehead atoms. The summed E-state index contributed by atoms with van der Waals surface area (Å²) in [5, 5.41) is 5.51. The number of benzene rings is 2. The quantitative estimate of drug-likeness (QED) is 0.456. The Bertz CT molecular complexity index is 1280. The highest BCUT2D eigenvalue weighted by Crippen LogP contribution is 2.20. The van der Waals surface area contributed by atoms with Gasteiger partial charge in [-0.15, -0.1) is 0 Å². The van der Waals surface area contributed by atoms with Gasteiger partial charge < -0.3 is 5.32 Å². The molecule has 7 nitrogen and oxygen atoms in total. The van der Waals surface area contributed by atoms with Gasteiger partial charge >= 0.3 is 6.03 Å². The van der Waals surface area contributed by atoms with Crippen LogP contribution in [-0.4, -0.2) is 26.6 Å². The van der Waals surface area contributed by atoms with E-state index in [0.717, 1.165) is 17.4 Å². The summed E-state index contributed by atoms with van der Waals surface area (Å²) in [6.07, 6.45) is 2.65. The molecule has 1 aromatic heterocycles. The first-order chi connectivity index (χ1) is 15.4. The molecular formula is C23H20F2N4O3. The molecule has 3 aromatic rings. The Morgan fingerprint density at radius 3 is 2.47 bits per heavy atom. The summed E-state index contributed by atoms with van der Waals surface area (Å²) in [6, 6.07) is 11.1. The molecule has 1 saturated heterocycles. The van der Waals surface area contributed by atoms with E-state index in [1.54, 1.807) is 24.3 Å². The molecule has 2 heterocycles. The Balaban J connectivity index is 1.68. The molecule has 0 aliphatic carbocycles. The van der Waals surface area contributed by atoms with E-state index in [2.05, 4.69) is 10.4 Å². The van der Waals surface area contributed by atoms with Crippen molar-refractivity contribution in [1.82, 2.24) is 20.0 Å². The van der Waals surface area contributed by atoms with Crippen molar-refractivity contribution >= 4 is 18.0 Å². The normalized spacial score (nSPS) is 15.0. The maximum Gasteiger partial charge on any atom is 0.329 e. The molecule has 9 heteroatoms. The van der Waals surface area contributed by atoms with Gasteiger partial charge in [-0.05, 0) is 30.7 Å². The lowest BCUT2D eigenvalue weighted by Gasteiger charge is -2.12. The van der Waals surface area contributed by atoms with E-state index in [-0.39, 0.29) is 28.9 Å². The molecule has 0 atom stereocenters. The molecule has 1 aliphatic rings. The Labute approximate surface area is 182 Å². The summed E-state index contributed by atoms with van der Waals surface area (Å²) in [4.78, 5) is 39.0. The molecule has 2 N–H and O–H groups in total. The Morgan fingerprint density at radius 2 is 1.78 bits per heavy atom. The first-order valence-electron chi connectivity index (χ1n) is 10.1. The zero-order valence-electron chi connectivity index (χ0n) is 17.2. The van der Waals surface area contributed by atoms with E-state index in [1.807, 2.05) is 13.0 Å². The van der Waals surface area contributed by atoms with Crippen molar-refractivity contribution in [3.63, 3.8) is 0 Å². The monoisotopic (exact) mass is 438 g/mol. The van der Waals surface area contributed by atoms with Crippen molar-refractivity contribution in [2.45, 2.75) is 26.3 Å². The van der Waals surface area contributed by atoms with Crippen LogP contribution < -0.4 is 10.9 Å². The van der Waals surface area contributed by atoms with Crippen LogP contribution in [0, 0.1) is 11.6 Å². The van der Waals surface area contributed by atoms with Crippen molar-refractivity contribution in [2.24, 2.45) is 0 Å². The van der Waals surface area contributed by atoms with E-state index >= 15 is 0 Å². The second-order valence-electron chi connectivity index (χ2n) is 7.35. The summed E-state index contributed by atoms with van der Waals surface area (Å²) >= 11 is 0. The van der Waals surface area contributed by atoms with Crippen molar-refractivity contribution in [3.05, 3.63) is 93.0 Å². The fourth-order valence-electron chi connectivity index (χ4n) is 3.52. The molecular weight excluding hydrogens is 418 g/mol. The number of aromatic amines is 1. The minimum Gasteiger partial charge on any atom is -0.303 e. The number of para-hydroxylation sites is 1. The molecule has 0 spiro atoms. The molecule has 2 aromatic carbocycles. The summed E-state index contributed by atoms with van der Waals surface area (Å²) in [5.74, 6) is -2.31. The predicted molar refractivity (Wildman–Crippen MR) is 114 cm³/mol. The van der Waals surface area contributed by atoms with Gasteiger partial charge in [0.25, 0.3) is 11.5 Å². The Morgan fingerprint density at radius 1 is 1.03 bits per heavy atom. The maximum atomic E-state index is 14.0. The second kappa shape index (κ2) is 8.62. The van der Waals surface area contributed by atoms with Crippen LogP contribution in [0.4, 0.5) is 13.6 Å². The van der Waals surface area contributed by atoms with Crippen LogP contribution >= 0.6 is 0 Å². The molecule has 1 aliphatic heterocycles. The van der Waals surface area contributed by atoms with Gasteiger partial charge in [0.1, 0.15) is 17.3 Å². The molecule has 0 unspecified atom stereocenters. The van der Waals surface area contributed by atoms with Gasteiger partial charge in [0.15, 0.2) is 0 Å². The molecule has 1 fully saturated rings. The van der Waals surface area contributed by atoms with Crippen LogP contribution in [0.15, 0.2) is 59.0 Å². The lowest BCUT2D eigenvalue weighted by Crippen LogP contribution is -2.30. The van der Waals surface area contributed by atoms with Crippen LogP contribution in [0.5, 0.6) is 0 Å². The third-order valence-corrected chi connectivity index (χ3v) is 5.11. The lowest BCUT2D eigenvalue weighted by atomic mass is 10.1. The number of halogens is 2. The maximum absolute atomic E-state index is 14.0. The van der Waals surface area contributed by atoms with Gasteiger partial charge in [-0.1, -0.05) is 37.6 Å². The molecule has 0 saturated carbocycles. The summed E-state index contributed by atoms with van der Waals surface area (Å²) in [5.41, 5.74) is 1.06. The van der Waals surface area contributed by atoms with Crippen molar-refractivity contribution < 1.29 is 18.4 Å². The highest BCUT2D eigenvalue weighted by molar-refractivity contribution is 6.13. The zero-order chi connectivity index (χ0) is 22.8. The van der Waals surface area contributed by atoms with Crippen molar-refractivity contribution in [3.8, 4) is 5.69 Å². The fraction of sp³-hybridized carbons (Fsp3) is 0.174. The van der Waals surface area contributed by atoms with Crippen LogP contribution in [0.2, 0.25) is 0 Å². The van der Waals surface area contributed by atoms with Crippen LogP contribution in [0.25, 0.3) is 11.8 Å². The van der Waals surface area contributed by atoms with Crippen molar-refractivity contribution in [1.29, 1.82) is 0 Å². The zero-order valence-corrected chi connectivity index (χ0v) is 17.2. The number of nitrogens with zero attached hydrogens (tertiary/aromatic N) is 2. The molecule has 164 valence electrons. The molecule has 0 radical (unpaired) electrons. The van der Waals surface area contributed by atoms with Gasteiger partial charge in [-0.3, -0.25) is 19.6 Å². The number of aromatic nitrogens is 2. The van der Waals surface area contributed by atoms with Crippen LogP contribution in [-0.2, 0) is 17.8 Å². The molecule has 3 amide bonds. The number of urea groups is 1. The minimum atomic E-state index is -0.857. The number of hydrogen-bond donors (Lipinski definition) is 2. The van der Waals surface area contributed by atoms with E-state index in [1.165, 1.54) is 16.8 Å². The first-order valence-corrected chi connectivity index (χ1v) is 10.1. The van der Waals surface area contributed by atoms with E-state index < -0.39 is 23.6 Å². The number of carbonyl (C=O) groups excluding carboxylic acids is 2. The molecule has 4 rings (SSSR count).